The molecule has 3 heteroatoms. The summed E-state index contributed by atoms with van der Waals surface area (Å²) in [6.07, 6.45) is 2.73. The largest absolute Gasteiger partial charge is 0.347 e. The highest BCUT2D eigenvalue weighted by Crippen LogP contribution is 2.33. The summed E-state index contributed by atoms with van der Waals surface area (Å²) in [5, 5.41) is 2.45. The van der Waals surface area contributed by atoms with E-state index >= 15 is 0 Å². The van der Waals surface area contributed by atoms with E-state index < -0.39 is 5.79 Å². The van der Waals surface area contributed by atoms with Crippen molar-refractivity contribution in [2.45, 2.75) is 32.2 Å². The summed E-state index contributed by atoms with van der Waals surface area (Å²) in [5.41, 5.74) is 3.53. The average molecular weight is 319 g/mol. The Labute approximate surface area is 142 Å². The van der Waals surface area contributed by atoms with Gasteiger partial charge in [-0.1, -0.05) is 48.5 Å². The van der Waals surface area contributed by atoms with E-state index in [1.54, 1.807) is 0 Å². The fourth-order valence-electron chi connectivity index (χ4n) is 3.22. The molecule has 1 saturated heterocycles. The lowest BCUT2D eigenvalue weighted by atomic mass is 10.0. The zero-order valence-electron chi connectivity index (χ0n) is 14.0. The fourth-order valence-corrected chi connectivity index (χ4v) is 3.22. The van der Waals surface area contributed by atoms with Gasteiger partial charge in [0.05, 0.1) is 12.3 Å². The van der Waals surface area contributed by atoms with Crippen LogP contribution in [-0.2, 0) is 15.9 Å². The van der Waals surface area contributed by atoms with E-state index in [1.807, 2.05) is 20.0 Å². The van der Waals surface area contributed by atoms with Crippen molar-refractivity contribution in [3.8, 4) is 0 Å². The topological polar surface area (TPSA) is 31.4 Å². The van der Waals surface area contributed by atoms with E-state index in [0.717, 1.165) is 17.7 Å². The standard InChI is InChI=1S/C21H21NO2/c1-21(2)23-14-20(24-21)17-9-7-15(8-10-17)13-19-18-6-4-3-5-16(18)11-12-22-19/h3-12,20H,13-14H2,1-2H3. The smallest absolute Gasteiger partial charge is 0.163 e. The van der Waals surface area contributed by atoms with E-state index in [1.165, 1.54) is 16.3 Å². The number of hydrogen-bond donors (Lipinski definition) is 0. The quantitative estimate of drug-likeness (QED) is 0.704. The molecule has 1 aromatic heterocycles. The van der Waals surface area contributed by atoms with Gasteiger partial charge in [0.15, 0.2) is 5.79 Å². The molecule has 1 aliphatic heterocycles. The van der Waals surface area contributed by atoms with E-state index in [0.29, 0.717) is 6.61 Å². The summed E-state index contributed by atoms with van der Waals surface area (Å²) < 4.78 is 11.6. The zero-order chi connectivity index (χ0) is 16.6. The minimum absolute atomic E-state index is 0.0183. The third-order valence-electron chi connectivity index (χ3n) is 4.49. The molecule has 3 aromatic rings. The van der Waals surface area contributed by atoms with Crippen molar-refractivity contribution in [2.24, 2.45) is 0 Å². The monoisotopic (exact) mass is 319 g/mol. The lowest BCUT2D eigenvalue weighted by Gasteiger charge is -2.17. The van der Waals surface area contributed by atoms with Crippen LogP contribution in [0.15, 0.2) is 60.8 Å². The minimum Gasteiger partial charge on any atom is -0.347 e. The molecule has 2 heterocycles. The van der Waals surface area contributed by atoms with Crippen molar-refractivity contribution < 1.29 is 9.47 Å². The first-order chi connectivity index (χ1) is 11.6. The lowest BCUT2D eigenvalue weighted by molar-refractivity contribution is -0.139. The van der Waals surface area contributed by atoms with Gasteiger partial charge in [-0.05, 0) is 36.4 Å². The van der Waals surface area contributed by atoms with Gasteiger partial charge in [0.25, 0.3) is 0 Å². The van der Waals surface area contributed by atoms with Crippen LogP contribution in [0.5, 0.6) is 0 Å². The van der Waals surface area contributed by atoms with Gasteiger partial charge in [0.1, 0.15) is 6.10 Å². The summed E-state index contributed by atoms with van der Waals surface area (Å²) in [6, 6.07) is 19.0. The Hall–Kier alpha value is -2.23. The number of pyridine rings is 1. The van der Waals surface area contributed by atoms with Crippen LogP contribution in [0.25, 0.3) is 10.8 Å². The normalized spacial score (nSPS) is 19.7. The molecule has 0 amide bonds. The molecule has 1 aliphatic rings. The van der Waals surface area contributed by atoms with Gasteiger partial charge in [0.2, 0.25) is 0 Å². The molecule has 1 atom stereocenters. The lowest BCUT2D eigenvalue weighted by Crippen LogP contribution is -2.19. The Morgan fingerprint density at radius 2 is 1.83 bits per heavy atom. The van der Waals surface area contributed by atoms with Crippen LogP contribution >= 0.6 is 0 Å². The van der Waals surface area contributed by atoms with Crippen LogP contribution in [0.3, 0.4) is 0 Å². The summed E-state index contributed by atoms with van der Waals surface area (Å²) in [7, 11) is 0. The van der Waals surface area contributed by atoms with Crippen molar-refractivity contribution in [1.29, 1.82) is 0 Å². The van der Waals surface area contributed by atoms with Gasteiger partial charge in [-0.25, -0.2) is 0 Å². The fraction of sp³-hybridized carbons (Fsp3) is 0.286. The van der Waals surface area contributed by atoms with Crippen LogP contribution in [0.2, 0.25) is 0 Å². The van der Waals surface area contributed by atoms with Crippen LogP contribution in [0, 0.1) is 0 Å². The van der Waals surface area contributed by atoms with Gasteiger partial charge in [-0.3, -0.25) is 4.98 Å². The summed E-state index contributed by atoms with van der Waals surface area (Å²) in [4.78, 5) is 4.58. The highest BCUT2D eigenvalue weighted by molar-refractivity contribution is 5.84. The van der Waals surface area contributed by atoms with Crippen LogP contribution in [0.4, 0.5) is 0 Å². The molecule has 0 radical (unpaired) electrons. The van der Waals surface area contributed by atoms with Crippen LogP contribution in [-0.4, -0.2) is 17.4 Å². The van der Waals surface area contributed by atoms with Crippen molar-refractivity contribution in [2.75, 3.05) is 6.61 Å². The second kappa shape index (κ2) is 6.00. The number of fused-ring (bicyclic) bond motifs is 1. The number of ether oxygens (including phenoxy) is 2. The first-order valence-corrected chi connectivity index (χ1v) is 8.34. The molecule has 1 unspecified atom stereocenters. The van der Waals surface area contributed by atoms with Crippen molar-refractivity contribution in [1.82, 2.24) is 4.98 Å². The maximum Gasteiger partial charge on any atom is 0.163 e. The molecular weight excluding hydrogens is 298 g/mol. The number of benzene rings is 2. The van der Waals surface area contributed by atoms with Crippen molar-refractivity contribution in [3.63, 3.8) is 0 Å². The molecule has 0 spiro atoms. The summed E-state index contributed by atoms with van der Waals surface area (Å²) >= 11 is 0. The zero-order valence-corrected chi connectivity index (χ0v) is 14.0. The molecule has 4 rings (SSSR count). The van der Waals surface area contributed by atoms with Crippen LogP contribution in [0.1, 0.15) is 36.8 Å². The minimum atomic E-state index is -0.490. The van der Waals surface area contributed by atoms with Gasteiger partial charge in [0, 0.05) is 18.0 Å². The molecule has 0 saturated carbocycles. The van der Waals surface area contributed by atoms with E-state index in [-0.39, 0.29) is 6.10 Å². The average Bonchev–Trinajstić information content (AvgIpc) is 2.96. The van der Waals surface area contributed by atoms with E-state index in [9.17, 15) is 0 Å². The van der Waals surface area contributed by atoms with Crippen molar-refractivity contribution in [3.05, 3.63) is 77.6 Å². The number of rotatable bonds is 3. The van der Waals surface area contributed by atoms with Crippen molar-refractivity contribution >= 4 is 10.8 Å². The Morgan fingerprint density at radius 1 is 1.04 bits per heavy atom. The van der Waals surface area contributed by atoms with E-state index in [4.69, 9.17) is 9.47 Å². The maximum atomic E-state index is 5.92. The molecule has 2 aromatic carbocycles. The van der Waals surface area contributed by atoms with E-state index in [2.05, 4.69) is 59.6 Å². The van der Waals surface area contributed by atoms with Gasteiger partial charge in [-0.2, -0.15) is 0 Å². The molecule has 122 valence electrons. The molecule has 1 fully saturated rings. The first kappa shape index (κ1) is 15.3. The number of aromatic nitrogens is 1. The molecule has 3 nitrogen and oxygen atoms in total. The number of hydrogen-bond acceptors (Lipinski definition) is 3. The molecule has 0 N–H and O–H groups in total. The Kier molecular flexibility index (Phi) is 3.83. The Balaban J connectivity index is 1.55. The predicted molar refractivity (Wildman–Crippen MR) is 94.8 cm³/mol. The second-order valence-corrected chi connectivity index (χ2v) is 6.71. The Morgan fingerprint density at radius 3 is 2.58 bits per heavy atom. The first-order valence-electron chi connectivity index (χ1n) is 8.34. The molecule has 0 aliphatic carbocycles. The van der Waals surface area contributed by atoms with Gasteiger partial charge in [-0.15, -0.1) is 0 Å². The number of nitrogens with zero attached hydrogens (tertiary/aromatic N) is 1. The SMILES string of the molecule is CC1(C)OCC(c2ccc(Cc3nccc4ccccc34)cc2)O1. The molecule has 0 bridgehead atoms. The van der Waals surface area contributed by atoms with Gasteiger partial charge >= 0.3 is 0 Å². The van der Waals surface area contributed by atoms with Crippen LogP contribution < -0.4 is 0 Å². The third kappa shape index (κ3) is 3.05. The molecule has 24 heavy (non-hydrogen) atoms. The third-order valence-corrected chi connectivity index (χ3v) is 4.49. The summed E-state index contributed by atoms with van der Waals surface area (Å²) in [6.45, 7) is 4.51. The highest BCUT2D eigenvalue weighted by atomic mass is 16.7. The van der Waals surface area contributed by atoms with Gasteiger partial charge < -0.3 is 9.47 Å². The summed E-state index contributed by atoms with van der Waals surface area (Å²) in [5.74, 6) is -0.490. The molecular formula is C21H21NO2. The Bertz CT molecular complexity index is 850. The highest BCUT2D eigenvalue weighted by Gasteiger charge is 2.33. The second-order valence-electron chi connectivity index (χ2n) is 6.71. The predicted octanol–water partition coefficient (Wildman–Crippen LogP) is 4.65. The maximum absolute atomic E-state index is 5.92.